The fourth-order valence-corrected chi connectivity index (χ4v) is 3.75. The Morgan fingerprint density at radius 3 is 2.14 bits per heavy atom. The molecule has 0 aromatic heterocycles. The topological polar surface area (TPSA) is 40.5 Å². The molecule has 4 heteroatoms. The van der Waals surface area contributed by atoms with Crippen molar-refractivity contribution in [2.45, 2.75) is 26.3 Å². The van der Waals surface area contributed by atoms with Crippen molar-refractivity contribution in [1.82, 2.24) is 0 Å². The second kappa shape index (κ2) is 7.55. The number of carbonyl (C=O) groups excluding carboxylic acids is 1. The first-order chi connectivity index (χ1) is 14.0. The van der Waals surface area contributed by atoms with Crippen molar-refractivity contribution < 1.29 is 14.3 Å². The molecule has 3 aromatic carbocycles. The van der Waals surface area contributed by atoms with Crippen molar-refractivity contribution >= 4 is 17.2 Å². The van der Waals surface area contributed by atoms with Crippen LogP contribution in [0.5, 0.6) is 0 Å². The number of hydrogen-bond acceptors (Lipinski definition) is 2. The largest absolute Gasteiger partial charge is 0.503 e. The lowest BCUT2D eigenvalue weighted by Crippen LogP contribution is -2.30. The number of halogens is 1. The standard InChI is InChI=1S/C25H22FNO2/c1-3-17-6-10-19(11-7-17)23-22(18-8-4-16(2)5-9-18)24(28)25(29)27(23)21-14-12-20(26)13-15-21/h4-15,23,28H,3H2,1-2H3/t23-/m0/s1. The van der Waals surface area contributed by atoms with Gasteiger partial charge in [0.15, 0.2) is 5.76 Å². The Morgan fingerprint density at radius 1 is 0.931 bits per heavy atom. The predicted molar refractivity (Wildman–Crippen MR) is 113 cm³/mol. The number of nitrogens with zero attached hydrogens (tertiary/aromatic N) is 1. The van der Waals surface area contributed by atoms with Crippen LogP contribution in [0.1, 0.15) is 35.2 Å². The summed E-state index contributed by atoms with van der Waals surface area (Å²) in [5.74, 6) is -1.14. The minimum Gasteiger partial charge on any atom is -0.503 e. The molecule has 1 heterocycles. The van der Waals surface area contributed by atoms with Gasteiger partial charge in [0.25, 0.3) is 5.91 Å². The Bertz CT molecular complexity index is 1070. The summed E-state index contributed by atoms with van der Waals surface area (Å²) in [5.41, 5.74) is 5.06. The molecule has 1 amide bonds. The third-order valence-electron chi connectivity index (χ3n) is 5.38. The van der Waals surface area contributed by atoms with Gasteiger partial charge in [0, 0.05) is 11.3 Å². The van der Waals surface area contributed by atoms with Gasteiger partial charge in [-0.15, -0.1) is 0 Å². The molecule has 0 aliphatic carbocycles. The lowest BCUT2D eigenvalue weighted by Gasteiger charge is -2.27. The number of carbonyl (C=O) groups is 1. The first-order valence-corrected chi connectivity index (χ1v) is 9.67. The van der Waals surface area contributed by atoms with Gasteiger partial charge >= 0.3 is 0 Å². The molecular weight excluding hydrogens is 365 g/mol. The molecular formula is C25H22FNO2. The van der Waals surface area contributed by atoms with Gasteiger partial charge in [0.05, 0.1) is 6.04 Å². The van der Waals surface area contributed by atoms with Crippen molar-refractivity contribution in [3.63, 3.8) is 0 Å². The summed E-state index contributed by atoms with van der Waals surface area (Å²) in [7, 11) is 0. The molecule has 4 rings (SSSR count). The van der Waals surface area contributed by atoms with Crippen molar-refractivity contribution in [2.24, 2.45) is 0 Å². The highest BCUT2D eigenvalue weighted by atomic mass is 19.1. The van der Waals surface area contributed by atoms with Crippen LogP contribution in [0.15, 0.2) is 78.6 Å². The molecule has 1 atom stereocenters. The van der Waals surface area contributed by atoms with Crippen LogP contribution in [0.2, 0.25) is 0 Å². The number of rotatable bonds is 4. The summed E-state index contributed by atoms with van der Waals surface area (Å²) < 4.78 is 13.5. The number of amides is 1. The van der Waals surface area contributed by atoms with E-state index in [0.29, 0.717) is 11.3 Å². The molecule has 0 fully saturated rings. The highest BCUT2D eigenvalue weighted by Crippen LogP contribution is 2.45. The van der Waals surface area contributed by atoms with Crippen LogP contribution in [0.3, 0.4) is 0 Å². The molecule has 146 valence electrons. The zero-order chi connectivity index (χ0) is 20.5. The molecule has 0 spiro atoms. The number of anilines is 1. The van der Waals surface area contributed by atoms with Crippen LogP contribution in [-0.2, 0) is 11.2 Å². The molecule has 1 aliphatic heterocycles. The quantitative estimate of drug-likeness (QED) is 0.619. The Hall–Kier alpha value is -3.40. The van der Waals surface area contributed by atoms with E-state index in [1.807, 2.05) is 55.5 Å². The zero-order valence-electron chi connectivity index (χ0n) is 16.4. The first kappa shape index (κ1) is 18.9. The maximum Gasteiger partial charge on any atom is 0.294 e. The van der Waals surface area contributed by atoms with E-state index >= 15 is 0 Å². The van der Waals surface area contributed by atoms with Crippen molar-refractivity contribution in [3.05, 3.63) is 107 Å². The van der Waals surface area contributed by atoms with Gasteiger partial charge in [0.2, 0.25) is 0 Å². The Kier molecular flexibility index (Phi) is 4.93. The van der Waals surface area contributed by atoms with Crippen molar-refractivity contribution in [2.75, 3.05) is 4.90 Å². The number of hydrogen-bond donors (Lipinski definition) is 1. The number of benzene rings is 3. The fourth-order valence-electron chi connectivity index (χ4n) is 3.75. The van der Waals surface area contributed by atoms with E-state index in [-0.39, 0.29) is 11.6 Å². The van der Waals surface area contributed by atoms with E-state index in [9.17, 15) is 14.3 Å². The summed E-state index contributed by atoms with van der Waals surface area (Å²) >= 11 is 0. The molecule has 0 unspecified atom stereocenters. The lowest BCUT2D eigenvalue weighted by atomic mass is 9.92. The van der Waals surface area contributed by atoms with Crippen LogP contribution in [0, 0.1) is 12.7 Å². The third-order valence-corrected chi connectivity index (χ3v) is 5.38. The van der Waals surface area contributed by atoms with Gasteiger partial charge in [0.1, 0.15) is 5.82 Å². The van der Waals surface area contributed by atoms with E-state index in [2.05, 4.69) is 6.92 Å². The number of aryl methyl sites for hydroxylation is 2. The third kappa shape index (κ3) is 3.42. The van der Waals surface area contributed by atoms with Crippen LogP contribution in [0.4, 0.5) is 10.1 Å². The lowest BCUT2D eigenvalue weighted by molar-refractivity contribution is -0.117. The Balaban J connectivity index is 1.88. The molecule has 0 saturated carbocycles. The van der Waals surface area contributed by atoms with Crippen LogP contribution >= 0.6 is 0 Å². The first-order valence-electron chi connectivity index (χ1n) is 9.67. The summed E-state index contributed by atoms with van der Waals surface area (Å²) in [6.45, 7) is 4.08. The molecule has 1 N–H and O–H groups in total. The minimum absolute atomic E-state index is 0.275. The van der Waals surface area contributed by atoms with Crippen LogP contribution < -0.4 is 4.90 Å². The van der Waals surface area contributed by atoms with E-state index < -0.39 is 11.9 Å². The summed E-state index contributed by atoms with van der Waals surface area (Å²) in [6, 6.07) is 21.0. The summed E-state index contributed by atoms with van der Waals surface area (Å²) in [6.07, 6.45) is 0.914. The molecule has 3 aromatic rings. The molecule has 0 bridgehead atoms. The molecule has 3 nitrogen and oxygen atoms in total. The number of aliphatic hydroxyl groups is 1. The Morgan fingerprint density at radius 2 is 1.55 bits per heavy atom. The maximum atomic E-state index is 13.5. The molecule has 29 heavy (non-hydrogen) atoms. The van der Waals surface area contributed by atoms with Gasteiger partial charge in [-0.3, -0.25) is 9.69 Å². The second-order valence-corrected chi connectivity index (χ2v) is 7.28. The highest BCUT2D eigenvalue weighted by Gasteiger charge is 2.41. The maximum absolute atomic E-state index is 13.5. The van der Waals surface area contributed by atoms with Gasteiger partial charge in [-0.05, 0) is 54.3 Å². The summed E-state index contributed by atoms with van der Waals surface area (Å²) in [5, 5.41) is 10.8. The highest BCUT2D eigenvalue weighted by molar-refractivity contribution is 6.15. The van der Waals surface area contributed by atoms with Crippen LogP contribution in [-0.4, -0.2) is 11.0 Å². The van der Waals surface area contributed by atoms with Crippen molar-refractivity contribution in [3.8, 4) is 0 Å². The fraction of sp³-hybridized carbons (Fsp3) is 0.160. The average molecular weight is 387 g/mol. The van der Waals surface area contributed by atoms with Crippen molar-refractivity contribution in [1.29, 1.82) is 0 Å². The summed E-state index contributed by atoms with van der Waals surface area (Å²) in [4.78, 5) is 14.6. The van der Waals surface area contributed by atoms with E-state index in [1.165, 1.54) is 22.6 Å². The van der Waals surface area contributed by atoms with E-state index in [0.717, 1.165) is 23.1 Å². The van der Waals surface area contributed by atoms with E-state index in [4.69, 9.17) is 0 Å². The number of aliphatic hydroxyl groups excluding tert-OH is 1. The molecule has 0 saturated heterocycles. The molecule has 0 radical (unpaired) electrons. The van der Waals surface area contributed by atoms with Gasteiger partial charge in [-0.25, -0.2) is 4.39 Å². The van der Waals surface area contributed by atoms with Gasteiger partial charge < -0.3 is 5.11 Å². The zero-order valence-corrected chi connectivity index (χ0v) is 16.4. The van der Waals surface area contributed by atoms with Gasteiger partial charge in [-0.1, -0.05) is 61.0 Å². The monoisotopic (exact) mass is 387 g/mol. The van der Waals surface area contributed by atoms with Gasteiger partial charge in [-0.2, -0.15) is 0 Å². The predicted octanol–water partition coefficient (Wildman–Crippen LogP) is 5.75. The van der Waals surface area contributed by atoms with Crippen LogP contribution in [0.25, 0.3) is 5.57 Å². The Labute approximate surface area is 169 Å². The average Bonchev–Trinajstić information content (AvgIpc) is 3.00. The smallest absolute Gasteiger partial charge is 0.294 e. The van der Waals surface area contributed by atoms with E-state index in [1.54, 1.807) is 12.1 Å². The normalized spacial score (nSPS) is 16.6. The minimum atomic E-state index is -0.499. The SMILES string of the molecule is CCc1ccc([C@H]2C(c3ccc(C)cc3)=C(O)C(=O)N2c2ccc(F)cc2)cc1. The molecule has 1 aliphatic rings. The second-order valence-electron chi connectivity index (χ2n) is 7.28.